The molecular weight excluding hydrogens is 550 g/mol. The molecule has 1 aliphatic heterocycles. The Morgan fingerprint density at radius 2 is 2.05 bits per heavy atom. The average molecular weight is 584 g/mol. The molecule has 5 unspecified atom stereocenters. The van der Waals surface area contributed by atoms with Crippen LogP contribution in [-0.2, 0) is 19.1 Å². The van der Waals surface area contributed by atoms with Crippen molar-refractivity contribution < 1.29 is 28.6 Å². The molecule has 7 nitrogen and oxygen atoms in total. The number of ether oxygens (including phenoxy) is 2. The zero-order valence-electron chi connectivity index (χ0n) is 23.1. The largest absolute Gasteiger partial charge is 0.431 e. The minimum Gasteiger partial charge on any atom is -0.431 e. The van der Waals surface area contributed by atoms with E-state index in [1.807, 2.05) is 19.9 Å². The number of halogens is 1. The standard InChI is InChI=1S/C31H34ClNO6S/c1-28(2)38-25-13-20-19-7-5-16-11-18(34)9-10-29(16,3)26(19)22(35)14-30(20,4)31(25,39-28)24(36)15-40-27-33-21-12-17(32)6-8-23(21)37-27/h6,8-12,19-20,22,25-26,35H,5,7,13-15H2,1-4H3/t19?,20?,22-,25+,26?,29?,30?,31-/m0/s1. The van der Waals surface area contributed by atoms with Crippen LogP contribution in [0, 0.1) is 28.6 Å². The highest BCUT2D eigenvalue weighted by molar-refractivity contribution is 7.99. The Bertz CT molecular complexity index is 1500. The molecule has 212 valence electrons. The number of carbonyl (C=O) groups is 2. The Kier molecular flexibility index (Phi) is 5.90. The van der Waals surface area contributed by atoms with Gasteiger partial charge in [-0.15, -0.1) is 0 Å². The molecule has 1 aromatic heterocycles. The number of ketones is 2. The summed E-state index contributed by atoms with van der Waals surface area (Å²) in [4.78, 5) is 31.0. The van der Waals surface area contributed by atoms with Crippen LogP contribution >= 0.6 is 23.4 Å². The molecular formula is C31H34ClNO6S. The Morgan fingerprint density at radius 3 is 2.85 bits per heavy atom. The van der Waals surface area contributed by atoms with E-state index in [2.05, 4.69) is 18.8 Å². The van der Waals surface area contributed by atoms with E-state index < -0.39 is 29.0 Å². The minimum atomic E-state index is -1.19. The third kappa shape index (κ3) is 3.65. The van der Waals surface area contributed by atoms with Gasteiger partial charge in [0.25, 0.3) is 5.22 Å². The van der Waals surface area contributed by atoms with Crippen LogP contribution < -0.4 is 0 Å². The van der Waals surface area contributed by atoms with E-state index in [1.54, 1.807) is 30.4 Å². The number of benzene rings is 1. The van der Waals surface area contributed by atoms with E-state index in [1.165, 1.54) is 11.8 Å². The minimum absolute atomic E-state index is 0.0181. The first-order valence-electron chi connectivity index (χ1n) is 14.1. The van der Waals surface area contributed by atoms with Gasteiger partial charge in [-0.05, 0) is 81.7 Å². The molecule has 1 N–H and O–H groups in total. The lowest BCUT2D eigenvalue weighted by Crippen LogP contribution is -2.63. The fourth-order valence-electron chi connectivity index (χ4n) is 9.10. The number of carbonyl (C=O) groups excluding carboxylic acids is 2. The number of oxazole rings is 1. The summed E-state index contributed by atoms with van der Waals surface area (Å²) in [6, 6.07) is 5.26. The van der Waals surface area contributed by atoms with Crippen molar-refractivity contribution in [1.29, 1.82) is 0 Å². The molecule has 2 aromatic rings. The molecule has 0 radical (unpaired) electrons. The van der Waals surface area contributed by atoms with Gasteiger partial charge < -0.3 is 19.0 Å². The number of hydrogen-bond acceptors (Lipinski definition) is 8. The summed E-state index contributed by atoms with van der Waals surface area (Å²) in [6.07, 6.45) is 7.15. The quantitative estimate of drug-likeness (QED) is 0.443. The molecule has 4 fully saturated rings. The van der Waals surface area contributed by atoms with E-state index >= 15 is 0 Å². The smallest absolute Gasteiger partial charge is 0.257 e. The summed E-state index contributed by atoms with van der Waals surface area (Å²) in [6.45, 7) is 8.00. The molecule has 40 heavy (non-hydrogen) atoms. The monoisotopic (exact) mass is 583 g/mol. The number of aromatic nitrogens is 1. The van der Waals surface area contributed by atoms with Gasteiger partial charge in [-0.3, -0.25) is 9.59 Å². The summed E-state index contributed by atoms with van der Waals surface area (Å²) in [5.74, 6) is -0.580. The fraction of sp³-hybridized carbons (Fsp3) is 0.581. The van der Waals surface area contributed by atoms with Gasteiger partial charge in [-0.2, -0.15) is 0 Å². The van der Waals surface area contributed by atoms with Crippen LogP contribution in [0.2, 0.25) is 5.02 Å². The van der Waals surface area contributed by atoms with E-state index in [4.69, 9.17) is 25.5 Å². The van der Waals surface area contributed by atoms with Gasteiger partial charge in [-0.25, -0.2) is 4.98 Å². The third-order valence-corrected chi connectivity index (χ3v) is 11.6. The lowest BCUT2D eigenvalue weighted by Gasteiger charge is -2.60. The van der Waals surface area contributed by atoms with Gasteiger partial charge in [0.05, 0.1) is 18.0 Å². The normalized spacial score (nSPS) is 41.3. The number of hydrogen-bond donors (Lipinski definition) is 1. The van der Waals surface area contributed by atoms with Gasteiger partial charge in [0, 0.05) is 21.8 Å². The maximum Gasteiger partial charge on any atom is 0.257 e. The fourth-order valence-corrected chi connectivity index (χ4v) is 10.0. The van der Waals surface area contributed by atoms with Gasteiger partial charge in [0.15, 0.2) is 28.5 Å². The average Bonchev–Trinajstić information content (AvgIpc) is 3.48. The van der Waals surface area contributed by atoms with Crippen molar-refractivity contribution in [3.8, 4) is 0 Å². The zero-order valence-corrected chi connectivity index (χ0v) is 24.7. The second-order valence-electron chi connectivity index (χ2n) is 13.1. The molecule has 0 spiro atoms. The molecule has 5 aliphatic rings. The number of allylic oxidation sites excluding steroid dienone is 4. The maximum absolute atomic E-state index is 14.4. The van der Waals surface area contributed by atoms with Crippen molar-refractivity contribution in [3.63, 3.8) is 0 Å². The predicted molar refractivity (Wildman–Crippen MR) is 151 cm³/mol. The number of Topliss-reactive ketones (excluding diaryl/α,β-unsaturated/α-hetero) is 1. The van der Waals surface area contributed by atoms with Crippen molar-refractivity contribution in [3.05, 3.63) is 47.0 Å². The summed E-state index contributed by atoms with van der Waals surface area (Å²) in [7, 11) is 0. The SMILES string of the molecule is CC1(C)O[C@@H]2CC3C4CCC5=CC(=O)C=CC5(C)C4[C@@H](O)CC3(C)[C@@]2(C(=O)CSc2nc3cc(Cl)ccc3o2)O1. The molecule has 4 aliphatic carbocycles. The van der Waals surface area contributed by atoms with Gasteiger partial charge in [0.2, 0.25) is 0 Å². The highest BCUT2D eigenvalue weighted by Crippen LogP contribution is 2.70. The zero-order chi connectivity index (χ0) is 28.2. The van der Waals surface area contributed by atoms with Crippen LogP contribution in [0.5, 0.6) is 0 Å². The lowest BCUT2D eigenvalue weighted by molar-refractivity contribution is -0.223. The van der Waals surface area contributed by atoms with Crippen LogP contribution in [0.25, 0.3) is 11.1 Å². The van der Waals surface area contributed by atoms with Crippen LogP contribution in [0.1, 0.15) is 53.4 Å². The van der Waals surface area contributed by atoms with E-state index in [-0.39, 0.29) is 40.5 Å². The topological polar surface area (TPSA) is 98.9 Å². The Labute approximate surface area is 242 Å². The third-order valence-electron chi connectivity index (χ3n) is 10.6. The van der Waals surface area contributed by atoms with Crippen molar-refractivity contribution >= 4 is 46.0 Å². The molecule has 0 bridgehead atoms. The highest BCUT2D eigenvalue weighted by Gasteiger charge is 2.76. The van der Waals surface area contributed by atoms with Crippen LogP contribution in [0.15, 0.2) is 51.6 Å². The molecule has 1 saturated heterocycles. The summed E-state index contributed by atoms with van der Waals surface area (Å²) >= 11 is 7.36. The summed E-state index contributed by atoms with van der Waals surface area (Å²) in [5.41, 5.74) is 0.183. The molecule has 2 heterocycles. The van der Waals surface area contributed by atoms with Crippen molar-refractivity contribution in [2.24, 2.45) is 28.6 Å². The molecule has 9 heteroatoms. The Hall–Kier alpha value is -1.97. The first kappa shape index (κ1) is 26.9. The van der Waals surface area contributed by atoms with Crippen molar-refractivity contribution in [2.45, 2.75) is 82.2 Å². The first-order chi connectivity index (χ1) is 18.9. The van der Waals surface area contributed by atoms with Gasteiger partial charge in [-0.1, -0.05) is 48.9 Å². The molecule has 8 atom stereocenters. The first-order valence-corrected chi connectivity index (χ1v) is 15.5. The number of fused-ring (bicyclic) bond motifs is 8. The Morgan fingerprint density at radius 1 is 1.25 bits per heavy atom. The second-order valence-corrected chi connectivity index (χ2v) is 14.5. The number of aliphatic hydroxyl groups excluding tert-OH is 1. The van der Waals surface area contributed by atoms with Crippen molar-refractivity contribution in [2.75, 3.05) is 5.75 Å². The van der Waals surface area contributed by atoms with E-state index in [0.717, 1.165) is 18.4 Å². The van der Waals surface area contributed by atoms with Crippen LogP contribution in [-0.4, -0.2) is 51.0 Å². The molecule has 3 saturated carbocycles. The number of thioether (sulfide) groups is 1. The van der Waals surface area contributed by atoms with Gasteiger partial charge >= 0.3 is 0 Å². The predicted octanol–water partition coefficient (Wildman–Crippen LogP) is 5.92. The van der Waals surface area contributed by atoms with Gasteiger partial charge in [0.1, 0.15) is 5.52 Å². The maximum atomic E-state index is 14.4. The van der Waals surface area contributed by atoms with Crippen molar-refractivity contribution in [1.82, 2.24) is 4.98 Å². The lowest BCUT2D eigenvalue weighted by atomic mass is 9.46. The summed E-state index contributed by atoms with van der Waals surface area (Å²) < 4.78 is 19.0. The van der Waals surface area contributed by atoms with E-state index in [0.29, 0.717) is 34.2 Å². The Balaban J connectivity index is 1.22. The number of nitrogens with zero attached hydrogens (tertiary/aromatic N) is 1. The molecule has 1 aromatic carbocycles. The van der Waals surface area contributed by atoms with Crippen LogP contribution in [0.4, 0.5) is 0 Å². The number of rotatable bonds is 4. The molecule has 0 amide bonds. The van der Waals surface area contributed by atoms with Crippen LogP contribution in [0.3, 0.4) is 0 Å². The summed E-state index contributed by atoms with van der Waals surface area (Å²) in [5, 5.41) is 12.8. The second kappa shape index (κ2) is 8.77. The molecule has 7 rings (SSSR count). The highest BCUT2D eigenvalue weighted by atomic mass is 35.5. The number of aliphatic hydroxyl groups is 1. The van der Waals surface area contributed by atoms with E-state index in [9.17, 15) is 14.7 Å².